The van der Waals surface area contributed by atoms with Gasteiger partial charge in [0.1, 0.15) is 5.75 Å². The van der Waals surface area contributed by atoms with Gasteiger partial charge in [0, 0.05) is 19.0 Å². The molecule has 1 aromatic carbocycles. The van der Waals surface area contributed by atoms with E-state index in [-0.39, 0.29) is 10.9 Å². The van der Waals surface area contributed by atoms with Gasteiger partial charge < -0.3 is 10.5 Å². The second-order valence-electron chi connectivity index (χ2n) is 4.33. The molecule has 0 saturated heterocycles. The maximum Gasteiger partial charge on any atom is 0.240 e. The summed E-state index contributed by atoms with van der Waals surface area (Å²) in [6.45, 7) is 2.81. The molecule has 18 heavy (non-hydrogen) atoms. The highest BCUT2D eigenvalue weighted by Gasteiger charge is 2.21. The lowest BCUT2D eigenvalue weighted by molar-refractivity contribution is 0.356. The average Bonchev–Trinajstić information content (AvgIpc) is 2.83. The Hall–Kier alpha value is -1.11. The summed E-state index contributed by atoms with van der Waals surface area (Å²) in [5.41, 5.74) is 6.46. The Morgan fingerprint density at radius 1 is 1.50 bits per heavy atom. The molecule has 0 amide bonds. The van der Waals surface area contributed by atoms with Crippen LogP contribution in [0, 0.1) is 0 Å². The molecule has 0 saturated carbocycles. The number of nitrogens with two attached hydrogens (primary N) is 1. The van der Waals surface area contributed by atoms with Gasteiger partial charge in [-0.3, -0.25) is 0 Å². The van der Waals surface area contributed by atoms with Gasteiger partial charge in [0.2, 0.25) is 10.0 Å². The summed E-state index contributed by atoms with van der Waals surface area (Å²) in [5, 5.41) is 0. The highest BCUT2D eigenvalue weighted by Crippen LogP contribution is 2.27. The highest BCUT2D eigenvalue weighted by molar-refractivity contribution is 7.89. The molecule has 0 spiro atoms. The molecule has 100 valence electrons. The van der Waals surface area contributed by atoms with E-state index in [0.29, 0.717) is 19.6 Å². The Kier molecular flexibility index (Phi) is 3.89. The molecule has 1 aliphatic rings. The van der Waals surface area contributed by atoms with Gasteiger partial charge in [0.25, 0.3) is 0 Å². The van der Waals surface area contributed by atoms with Crippen LogP contribution in [0.2, 0.25) is 0 Å². The largest absolute Gasteiger partial charge is 0.493 e. The van der Waals surface area contributed by atoms with E-state index in [1.165, 1.54) is 0 Å². The average molecular weight is 270 g/mol. The molecule has 2 rings (SSSR count). The van der Waals surface area contributed by atoms with Crippen LogP contribution in [-0.4, -0.2) is 27.6 Å². The van der Waals surface area contributed by atoms with E-state index in [1.807, 2.05) is 6.92 Å². The predicted molar refractivity (Wildman–Crippen MR) is 69.1 cm³/mol. The van der Waals surface area contributed by atoms with E-state index in [4.69, 9.17) is 10.5 Å². The lowest BCUT2D eigenvalue weighted by atomic mass is 10.2. The Morgan fingerprint density at radius 2 is 2.28 bits per heavy atom. The molecule has 1 atom stereocenters. The molecular formula is C12H18N2O3S. The van der Waals surface area contributed by atoms with Crippen molar-refractivity contribution >= 4 is 10.0 Å². The summed E-state index contributed by atoms with van der Waals surface area (Å²) in [6.07, 6.45) is 1.43. The minimum atomic E-state index is -3.49. The van der Waals surface area contributed by atoms with Crippen LogP contribution < -0.4 is 15.2 Å². The van der Waals surface area contributed by atoms with Crippen LogP contribution in [0.1, 0.15) is 18.9 Å². The van der Waals surface area contributed by atoms with E-state index in [0.717, 1.165) is 17.7 Å². The number of ether oxygens (including phenoxy) is 1. The van der Waals surface area contributed by atoms with Gasteiger partial charge in [-0.05, 0) is 30.2 Å². The molecule has 0 fully saturated rings. The van der Waals surface area contributed by atoms with Crippen molar-refractivity contribution in [2.45, 2.75) is 30.7 Å². The number of hydrogen-bond acceptors (Lipinski definition) is 4. The number of hydrogen-bond donors (Lipinski definition) is 2. The lowest BCUT2D eigenvalue weighted by Crippen LogP contribution is -2.39. The number of fused-ring (bicyclic) bond motifs is 1. The topological polar surface area (TPSA) is 81.4 Å². The zero-order chi connectivity index (χ0) is 13.2. The molecule has 1 heterocycles. The third-order valence-corrected chi connectivity index (χ3v) is 4.59. The van der Waals surface area contributed by atoms with Gasteiger partial charge >= 0.3 is 0 Å². The molecular weight excluding hydrogens is 252 g/mol. The summed E-state index contributed by atoms with van der Waals surface area (Å²) in [5.74, 6) is 0.778. The van der Waals surface area contributed by atoms with E-state index >= 15 is 0 Å². The van der Waals surface area contributed by atoms with Crippen molar-refractivity contribution in [3.8, 4) is 5.75 Å². The zero-order valence-corrected chi connectivity index (χ0v) is 11.2. The predicted octanol–water partition coefficient (Wildman–Crippen LogP) is 0.637. The van der Waals surface area contributed by atoms with Crippen molar-refractivity contribution in [2.24, 2.45) is 5.73 Å². The Bertz CT molecular complexity index is 524. The second-order valence-corrected chi connectivity index (χ2v) is 6.04. The van der Waals surface area contributed by atoms with Crippen LogP contribution >= 0.6 is 0 Å². The SMILES string of the molecule is CCC(CN)NS(=O)(=O)c1ccc2c(c1)CCO2. The van der Waals surface area contributed by atoms with Crippen molar-refractivity contribution in [2.75, 3.05) is 13.2 Å². The minimum Gasteiger partial charge on any atom is -0.493 e. The zero-order valence-electron chi connectivity index (χ0n) is 10.3. The van der Waals surface area contributed by atoms with Crippen LogP contribution in [0.25, 0.3) is 0 Å². The molecule has 0 aromatic heterocycles. The van der Waals surface area contributed by atoms with Gasteiger partial charge in [-0.25, -0.2) is 13.1 Å². The molecule has 0 radical (unpaired) electrons. The fraction of sp³-hybridized carbons (Fsp3) is 0.500. The number of rotatable bonds is 5. The first kappa shape index (κ1) is 13.3. The second kappa shape index (κ2) is 5.26. The number of sulfonamides is 1. The molecule has 0 bridgehead atoms. The molecule has 1 unspecified atom stereocenters. The normalized spacial score (nSPS) is 16.1. The smallest absolute Gasteiger partial charge is 0.240 e. The van der Waals surface area contributed by atoms with Gasteiger partial charge in [0.15, 0.2) is 0 Å². The van der Waals surface area contributed by atoms with Crippen LogP contribution in [0.5, 0.6) is 5.75 Å². The molecule has 1 aromatic rings. The maximum absolute atomic E-state index is 12.2. The van der Waals surface area contributed by atoms with Gasteiger partial charge in [-0.2, -0.15) is 0 Å². The van der Waals surface area contributed by atoms with Crippen molar-refractivity contribution in [3.63, 3.8) is 0 Å². The molecule has 3 N–H and O–H groups in total. The number of nitrogens with one attached hydrogen (secondary N) is 1. The molecule has 5 nitrogen and oxygen atoms in total. The Balaban J connectivity index is 2.24. The van der Waals surface area contributed by atoms with Crippen LogP contribution in [-0.2, 0) is 16.4 Å². The first-order chi connectivity index (χ1) is 8.56. The van der Waals surface area contributed by atoms with Gasteiger partial charge in [-0.15, -0.1) is 0 Å². The van der Waals surface area contributed by atoms with Crippen LogP contribution in [0.4, 0.5) is 0 Å². The molecule has 6 heteroatoms. The summed E-state index contributed by atoms with van der Waals surface area (Å²) in [6, 6.07) is 4.73. The summed E-state index contributed by atoms with van der Waals surface area (Å²) < 4.78 is 32.3. The van der Waals surface area contributed by atoms with Gasteiger partial charge in [-0.1, -0.05) is 6.92 Å². The van der Waals surface area contributed by atoms with Crippen LogP contribution in [0.3, 0.4) is 0 Å². The number of benzene rings is 1. The Labute approximate surface area is 107 Å². The molecule has 0 aliphatic carbocycles. The van der Waals surface area contributed by atoms with E-state index in [1.54, 1.807) is 18.2 Å². The Morgan fingerprint density at radius 3 is 2.94 bits per heavy atom. The maximum atomic E-state index is 12.2. The fourth-order valence-corrected chi connectivity index (χ4v) is 3.30. The highest BCUT2D eigenvalue weighted by atomic mass is 32.2. The van der Waals surface area contributed by atoms with Crippen LogP contribution in [0.15, 0.2) is 23.1 Å². The first-order valence-corrected chi connectivity index (χ1v) is 7.53. The third kappa shape index (κ3) is 2.66. The standard InChI is InChI=1S/C12H18N2O3S/c1-2-10(8-13)14-18(15,16)11-3-4-12-9(7-11)5-6-17-12/h3-4,7,10,14H,2,5-6,8,13H2,1H3. The van der Waals surface area contributed by atoms with E-state index in [9.17, 15) is 8.42 Å². The first-order valence-electron chi connectivity index (χ1n) is 6.05. The van der Waals surface area contributed by atoms with Crippen molar-refractivity contribution in [3.05, 3.63) is 23.8 Å². The van der Waals surface area contributed by atoms with E-state index < -0.39 is 10.0 Å². The summed E-state index contributed by atoms with van der Waals surface area (Å²) in [4.78, 5) is 0.277. The molecule has 1 aliphatic heterocycles. The van der Waals surface area contributed by atoms with Gasteiger partial charge in [0.05, 0.1) is 11.5 Å². The lowest BCUT2D eigenvalue weighted by Gasteiger charge is -2.15. The van der Waals surface area contributed by atoms with E-state index in [2.05, 4.69) is 4.72 Å². The summed E-state index contributed by atoms with van der Waals surface area (Å²) in [7, 11) is -3.49. The summed E-state index contributed by atoms with van der Waals surface area (Å²) >= 11 is 0. The quantitative estimate of drug-likeness (QED) is 0.822. The minimum absolute atomic E-state index is 0.223. The fourth-order valence-electron chi connectivity index (χ4n) is 1.92. The van der Waals surface area contributed by atoms with Crippen molar-refractivity contribution < 1.29 is 13.2 Å². The third-order valence-electron chi connectivity index (χ3n) is 3.07. The monoisotopic (exact) mass is 270 g/mol. The van der Waals surface area contributed by atoms with Crippen molar-refractivity contribution in [1.82, 2.24) is 4.72 Å². The van der Waals surface area contributed by atoms with Crippen molar-refractivity contribution in [1.29, 1.82) is 0 Å².